The predicted molar refractivity (Wildman–Crippen MR) is 60.5 cm³/mol. The molecule has 82 valence electrons. The number of aliphatic hydroxyl groups is 1. The molecule has 1 aliphatic heterocycles. The van der Waals surface area contributed by atoms with E-state index in [1.54, 1.807) is 18.2 Å². The molecule has 4 heteroatoms. The summed E-state index contributed by atoms with van der Waals surface area (Å²) in [6.07, 6.45) is 0.975. The normalized spacial score (nSPS) is 20.9. The lowest BCUT2D eigenvalue weighted by Gasteiger charge is -2.19. The number of hydrogen-bond acceptors (Lipinski definition) is 3. The van der Waals surface area contributed by atoms with E-state index in [1.165, 1.54) is 0 Å². The summed E-state index contributed by atoms with van der Waals surface area (Å²) in [5.41, 5.74) is 0.854. The van der Waals surface area contributed by atoms with Crippen molar-refractivity contribution in [2.75, 3.05) is 24.6 Å². The summed E-state index contributed by atoms with van der Waals surface area (Å²) in [6.45, 7) is 1.90. The molecule has 1 aromatic rings. The van der Waals surface area contributed by atoms with Crippen LogP contribution in [0.25, 0.3) is 0 Å². The monoisotopic (exact) mass is 227 g/mol. The largest absolute Gasteiger partial charge is 0.508 e. The summed E-state index contributed by atoms with van der Waals surface area (Å²) in [7, 11) is 0. The SMILES string of the molecule is OCC1CCN(c2cc(O)ccc2Cl)C1. The van der Waals surface area contributed by atoms with E-state index < -0.39 is 0 Å². The fourth-order valence-electron chi connectivity index (χ4n) is 1.94. The van der Waals surface area contributed by atoms with Crippen molar-refractivity contribution in [3.8, 4) is 5.75 Å². The van der Waals surface area contributed by atoms with Gasteiger partial charge in [-0.25, -0.2) is 0 Å². The molecule has 1 unspecified atom stereocenters. The van der Waals surface area contributed by atoms with Gasteiger partial charge in [0.25, 0.3) is 0 Å². The summed E-state index contributed by atoms with van der Waals surface area (Å²) in [4.78, 5) is 2.10. The maximum Gasteiger partial charge on any atom is 0.117 e. The Labute approximate surface area is 93.9 Å². The van der Waals surface area contributed by atoms with Crippen LogP contribution in [0.3, 0.4) is 0 Å². The predicted octanol–water partition coefficient (Wildman–Crippen LogP) is 1.86. The molecule has 1 heterocycles. The zero-order chi connectivity index (χ0) is 10.8. The Kier molecular flexibility index (Phi) is 3.03. The molecule has 0 aliphatic carbocycles. The number of benzene rings is 1. The highest BCUT2D eigenvalue weighted by Crippen LogP contribution is 2.32. The fraction of sp³-hybridized carbons (Fsp3) is 0.455. The molecule has 3 nitrogen and oxygen atoms in total. The first-order chi connectivity index (χ1) is 7.20. The number of hydrogen-bond donors (Lipinski definition) is 2. The molecule has 1 aromatic carbocycles. The molecule has 0 spiro atoms. The van der Waals surface area contributed by atoms with Crippen LogP contribution >= 0.6 is 11.6 Å². The molecule has 2 rings (SSSR count). The third kappa shape index (κ3) is 2.19. The minimum absolute atomic E-state index is 0.215. The van der Waals surface area contributed by atoms with E-state index in [0.29, 0.717) is 10.9 Å². The van der Waals surface area contributed by atoms with Gasteiger partial charge in [-0.2, -0.15) is 0 Å². The van der Waals surface area contributed by atoms with Crippen LogP contribution in [-0.4, -0.2) is 29.9 Å². The maximum absolute atomic E-state index is 9.39. The van der Waals surface area contributed by atoms with Gasteiger partial charge in [0, 0.05) is 31.7 Å². The van der Waals surface area contributed by atoms with Gasteiger partial charge in [0.05, 0.1) is 10.7 Å². The van der Waals surface area contributed by atoms with Crippen LogP contribution in [0.1, 0.15) is 6.42 Å². The van der Waals surface area contributed by atoms with Crippen LogP contribution in [0.4, 0.5) is 5.69 Å². The highest BCUT2D eigenvalue weighted by Gasteiger charge is 2.23. The van der Waals surface area contributed by atoms with Crippen LogP contribution in [-0.2, 0) is 0 Å². The van der Waals surface area contributed by atoms with Gasteiger partial charge < -0.3 is 15.1 Å². The number of phenols is 1. The van der Waals surface area contributed by atoms with Crippen molar-refractivity contribution < 1.29 is 10.2 Å². The molecular weight excluding hydrogens is 214 g/mol. The van der Waals surface area contributed by atoms with E-state index in [2.05, 4.69) is 4.90 Å². The Morgan fingerprint density at radius 2 is 2.27 bits per heavy atom. The molecule has 0 bridgehead atoms. The summed E-state index contributed by atoms with van der Waals surface area (Å²) >= 11 is 6.05. The van der Waals surface area contributed by atoms with Gasteiger partial charge in [-0.1, -0.05) is 11.6 Å². The lowest BCUT2D eigenvalue weighted by molar-refractivity contribution is 0.238. The van der Waals surface area contributed by atoms with E-state index in [1.807, 2.05) is 0 Å². The molecule has 1 saturated heterocycles. The molecule has 2 N–H and O–H groups in total. The second-order valence-corrected chi connectivity index (χ2v) is 4.33. The minimum atomic E-state index is 0.215. The van der Waals surface area contributed by atoms with Gasteiger partial charge in [-0.05, 0) is 18.6 Å². The van der Waals surface area contributed by atoms with E-state index in [-0.39, 0.29) is 12.4 Å². The number of rotatable bonds is 2. The van der Waals surface area contributed by atoms with Gasteiger partial charge in [-0.15, -0.1) is 0 Å². The van der Waals surface area contributed by atoms with Crippen LogP contribution in [0.2, 0.25) is 5.02 Å². The summed E-state index contributed by atoms with van der Waals surface area (Å²) in [6, 6.07) is 4.94. The summed E-state index contributed by atoms with van der Waals surface area (Å²) < 4.78 is 0. The summed E-state index contributed by atoms with van der Waals surface area (Å²) in [5, 5.41) is 19.1. The summed E-state index contributed by atoms with van der Waals surface area (Å²) in [5.74, 6) is 0.547. The van der Waals surface area contributed by atoms with E-state index >= 15 is 0 Å². The van der Waals surface area contributed by atoms with Crippen LogP contribution in [0, 0.1) is 5.92 Å². The molecule has 1 aliphatic rings. The highest BCUT2D eigenvalue weighted by molar-refractivity contribution is 6.33. The average Bonchev–Trinajstić information content (AvgIpc) is 2.70. The number of aliphatic hydroxyl groups excluding tert-OH is 1. The second-order valence-electron chi connectivity index (χ2n) is 3.92. The first-order valence-electron chi connectivity index (χ1n) is 5.05. The van der Waals surface area contributed by atoms with E-state index in [4.69, 9.17) is 16.7 Å². The van der Waals surface area contributed by atoms with E-state index in [9.17, 15) is 5.11 Å². The molecule has 0 aromatic heterocycles. The van der Waals surface area contributed by atoms with Gasteiger partial charge in [-0.3, -0.25) is 0 Å². The van der Waals surface area contributed by atoms with Crippen LogP contribution < -0.4 is 4.90 Å². The van der Waals surface area contributed by atoms with Gasteiger partial charge in [0.1, 0.15) is 5.75 Å². The van der Waals surface area contributed by atoms with Crippen LogP contribution in [0.5, 0.6) is 5.75 Å². The second kappa shape index (κ2) is 4.29. The third-order valence-corrected chi connectivity index (χ3v) is 3.13. The van der Waals surface area contributed by atoms with Crippen molar-refractivity contribution in [2.45, 2.75) is 6.42 Å². The number of nitrogens with zero attached hydrogens (tertiary/aromatic N) is 1. The number of anilines is 1. The van der Waals surface area contributed by atoms with E-state index in [0.717, 1.165) is 25.2 Å². The lowest BCUT2D eigenvalue weighted by atomic mass is 10.1. The Bertz CT molecular complexity index is 356. The molecule has 0 radical (unpaired) electrons. The molecule has 1 fully saturated rings. The Balaban J connectivity index is 2.19. The van der Waals surface area contributed by atoms with Crippen molar-refractivity contribution in [1.29, 1.82) is 0 Å². The van der Waals surface area contributed by atoms with Gasteiger partial charge >= 0.3 is 0 Å². The standard InChI is InChI=1S/C11H14ClNO2/c12-10-2-1-9(15)5-11(10)13-4-3-8(6-13)7-14/h1-2,5,8,14-15H,3-4,6-7H2. The lowest BCUT2D eigenvalue weighted by Crippen LogP contribution is -2.20. The van der Waals surface area contributed by atoms with Gasteiger partial charge in [0.2, 0.25) is 0 Å². The fourth-order valence-corrected chi connectivity index (χ4v) is 2.18. The van der Waals surface area contributed by atoms with Crippen molar-refractivity contribution in [3.63, 3.8) is 0 Å². The van der Waals surface area contributed by atoms with Gasteiger partial charge in [0.15, 0.2) is 0 Å². The number of aromatic hydroxyl groups is 1. The average molecular weight is 228 g/mol. The number of halogens is 1. The van der Waals surface area contributed by atoms with Crippen LogP contribution in [0.15, 0.2) is 18.2 Å². The molecule has 0 saturated carbocycles. The molecule has 15 heavy (non-hydrogen) atoms. The number of phenolic OH excluding ortho intramolecular Hbond substituents is 1. The Morgan fingerprint density at radius 1 is 1.47 bits per heavy atom. The zero-order valence-corrected chi connectivity index (χ0v) is 9.11. The first kappa shape index (κ1) is 10.6. The van der Waals surface area contributed by atoms with Crippen molar-refractivity contribution in [1.82, 2.24) is 0 Å². The Morgan fingerprint density at radius 3 is 2.93 bits per heavy atom. The first-order valence-corrected chi connectivity index (χ1v) is 5.43. The topological polar surface area (TPSA) is 43.7 Å². The quantitative estimate of drug-likeness (QED) is 0.811. The minimum Gasteiger partial charge on any atom is -0.508 e. The smallest absolute Gasteiger partial charge is 0.117 e. The van der Waals surface area contributed by atoms with Crippen molar-refractivity contribution in [3.05, 3.63) is 23.2 Å². The molecule has 1 atom stereocenters. The molecular formula is C11H14ClNO2. The van der Waals surface area contributed by atoms with Crippen molar-refractivity contribution in [2.24, 2.45) is 5.92 Å². The zero-order valence-electron chi connectivity index (χ0n) is 8.36. The Hall–Kier alpha value is -0.930. The van der Waals surface area contributed by atoms with Crippen molar-refractivity contribution >= 4 is 17.3 Å². The molecule has 0 amide bonds. The highest BCUT2D eigenvalue weighted by atomic mass is 35.5. The third-order valence-electron chi connectivity index (χ3n) is 2.81. The maximum atomic E-state index is 9.39.